The summed E-state index contributed by atoms with van der Waals surface area (Å²) in [6, 6.07) is 9.80. The number of hydrogen-bond acceptors (Lipinski definition) is 5. The highest BCUT2D eigenvalue weighted by molar-refractivity contribution is 5.85. The molecule has 0 bridgehead atoms. The van der Waals surface area contributed by atoms with Crippen LogP contribution in [0.4, 0.5) is 0 Å². The molecule has 1 N–H and O–H groups in total. The van der Waals surface area contributed by atoms with Crippen molar-refractivity contribution in [1.82, 2.24) is 30.4 Å². The van der Waals surface area contributed by atoms with E-state index >= 15 is 0 Å². The SMILES string of the molecule is Cc1nnnn1C(Cc1ccccc1)C(=O)N(C)C1CCNC1.Cl. The minimum atomic E-state index is -0.419. The molecule has 1 aromatic heterocycles. The molecule has 0 saturated carbocycles. The maximum Gasteiger partial charge on any atom is 0.247 e. The van der Waals surface area contributed by atoms with Gasteiger partial charge in [0.1, 0.15) is 11.9 Å². The van der Waals surface area contributed by atoms with Crippen LogP contribution < -0.4 is 5.32 Å². The number of nitrogens with one attached hydrogen (secondary N) is 1. The van der Waals surface area contributed by atoms with E-state index in [9.17, 15) is 4.79 Å². The molecule has 24 heavy (non-hydrogen) atoms. The van der Waals surface area contributed by atoms with Crippen LogP contribution in [0.3, 0.4) is 0 Å². The molecule has 0 aliphatic carbocycles. The average molecular weight is 351 g/mol. The fourth-order valence-corrected chi connectivity index (χ4v) is 3.03. The summed E-state index contributed by atoms with van der Waals surface area (Å²) in [7, 11) is 1.87. The molecule has 7 nitrogen and oxygen atoms in total. The number of carbonyl (C=O) groups is 1. The molecule has 2 unspecified atom stereocenters. The van der Waals surface area contributed by atoms with E-state index in [1.54, 1.807) is 4.68 Å². The fraction of sp³-hybridized carbons (Fsp3) is 0.500. The third-order valence-corrected chi connectivity index (χ3v) is 4.44. The number of aryl methyl sites for hydroxylation is 1. The molecule has 1 saturated heterocycles. The second-order valence-electron chi connectivity index (χ2n) is 5.97. The third kappa shape index (κ3) is 3.91. The highest BCUT2D eigenvalue weighted by atomic mass is 35.5. The molecular formula is C16H23ClN6O. The normalized spacial score (nSPS) is 18.0. The number of hydrogen-bond donors (Lipinski definition) is 1. The van der Waals surface area contributed by atoms with Gasteiger partial charge in [0.2, 0.25) is 5.91 Å². The van der Waals surface area contributed by atoms with Gasteiger partial charge >= 0.3 is 0 Å². The molecule has 0 radical (unpaired) electrons. The smallest absolute Gasteiger partial charge is 0.247 e. The molecule has 8 heteroatoms. The Bertz CT molecular complexity index is 656. The van der Waals surface area contributed by atoms with Gasteiger partial charge in [-0.2, -0.15) is 0 Å². The average Bonchev–Trinajstić information content (AvgIpc) is 3.24. The van der Waals surface area contributed by atoms with Crippen LogP contribution >= 0.6 is 12.4 Å². The molecule has 2 aromatic rings. The highest BCUT2D eigenvalue weighted by Gasteiger charge is 2.31. The van der Waals surface area contributed by atoms with E-state index in [4.69, 9.17) is 0 Å². The minimum absolute atomic E-state index is 0. The zero-order valence-corrected chi connectivity index (χ0v) is 14.7. The van der Waals surface area contributed by atoms with Gasteiger partial charge in [-0.1, -0.05) is 30.3 Å². The Kier molecular flexibility index (Phi) is 6.28. The van der Waals surface area contributed by atoms with Crippen LogP contribution in [-0.4, -0.2) is 57.2 Å². The first-order valence-electron chi connectivity index (χ1n) is 7.92. The van der Waals surface area contributed by atoms with E-state index in [1.165, 1.54) is 0 Å². The van der Waals surface area contributed by atoms with Gasteiger partial charge in [-0.15, -0.1) is 17.5 Å². The van der Waals surface area contributed by atoms with Crippen LogP contribution in [0, 0.1) is 6.92 Å². The van der Waals surface area contributed by atoms with E-state index in [0.29, 0.717) is 12.2 Å². The van der Waals surface area contributed by atoms with Crippen molar-refractivity contribution in [1.29, 1.82) is 0 Å². The number of rotatable bonds is 5. The predicted octanol–water partition coefficient (Wildman–Crippen LogP) is 1.01. The summed E-state index contributed by atoms with van der Waals surface area (Å²) in [5.41, 5.74) is 1.10. The predicted molar refractivity (Wildman–Crippen MR) is 93.0 cm³/mol. The van der Waals surface area contributed by atoms with E-state index in [0.717, 1.165) is 25.1 Å². The summed E-state index contributed by atoms with van der Waals surface area (Å²) in [6.07, 6.45) is 1.56. The third-order valence-electron chi connectivity index (χ3n) is 4.44. The molecular weight excluding hydrogens is 328 g/mol. The largest absolute Gasteiger partial charge is 0.340 e. The molecule has 1 amide bonds. The zero-order chi connectivity index (χ0) is 16.2. The standard InChI is InChI=1S/C16H22N6O.ClH/c1-12-18-19-20-22(12)15(10-13-6-4-3-5-7-13)16(23)21(2)14-8-9-17-11-14;/h3-7,14-15,17H,8-11H2,1-2H3;1H. The highest BCUT2D eigenvalue weighted by Crippen LogP contribution is 2.19. The van der Waals surface area contributed by atoms with E-state index in [1.807, 2.05) is 49.2 Å². The maximum atomic E-state index is 13.1. The Hall–Kier alpha value is -1.99. The molecule has 1 fully saturated rings. The molecule has 2 heterocycles. The number of halogens is 1. The van der Waals surface area contributed by atoms with Gasteiger partial charge in [-0.3, -0.25) is 4.79 Å². The van der Waals surface area contributed by atoms with Crippen molar-refractivity contribution in [3.63, 3.8) is 0 Å². The number of nitrogens with zero attached hydrogens (tertiary/aromatic N) is 5. The fourth-order valence-electron chi connectivity index (χ4n) is 3.03. The van der Waals surface area contributed by atoms with Crippen molar-refractivity contribution in [3.8, 4) is 0 Å². The number of aromatic nitrogens is 4. The summed E-state index contributed by atoms with van der Waals surface area (Å²) in [6.45, 7) is 3.62. The van der Waals surface area contributed by atoms with Crippen LogP contribution in [-0.2, 0) is 11.2 Å². The van der Waals surface area contributed by atoms with Crippen molar-refractivity contribution in [2.75, 3.05) is 20.1 Å². The van der Waals surface area contributed by atoms with E-state index in [2.05, 4.69) is 20.8 Å². The maximum absolute atomic E-state index is 13.1. The van der Waals surface area contributed by atoms with Crippen LogP contribution in [0.2, 0.25) is 0 Å². The second kappa shape index (κ2) is 8.21. The van der Waals surface area contributed by atoms with Gasteiger partial charge in [0.15, 0.2) is 0 Å². The zero-order valence-electron chi connectivity index (χ0n) is 13.9. The van der Waals surface area contributed by atoms with E-state index in [-0.39, 0.29) is 24.4 Å². The van der Waals surface area contributed by atoms with E-state index < -0.39 is 6.04 Å². The molecule has 1 aliphatic heterocycles. The monoisotopic (exact) mass is 350 g/mol. The molecule has 130 valence electrons. The van der Waals surface area contributed by atoms with Crippen molar-refractivity contribution >= 4 is 18.3 Å². The summed E-state index contributed by atoms with van der Waals surface area (Å²) in [4.78, 5) is 14.9. The second-order valence-corrected chi connectivity index (χ2v) is 5.97. The Labute approximate surface area is 147 Å². The molecule has 3 rings (SSSR count). The molecule has 1 aliphatic rings. The van der Waals surface area contributed by atoms with Crippen LogP contribution in [0.25, 0.3) is 0 Å². The van der Waals surface area contributed by atoms with Gasteiger partial charge in [-0.25, -0.2) is 4.68 Å². The van der Waals surface area contributed by atoms with Gasteiger partial charge in [0.05, 0.1) is 0 Å². The minimum Gasteiger partial charge on any atom is -0.340 e. The Balaban J connectivity index is 0.00000208. The summed E-state index contributed by atoms with van der Waals surface area (Å²) in [5, 5.41) is 15.0. The lowest BCUT2D eigenvalue weighted by molar-refractivity contribution is -0.135. The van der Waals surface area contributed by atoms with Crippen molar-refractivity contribution in [2.45, 2.75) is 31.8 Å². The Morgan fingerprint density at radius 3 is 2.75 bits per heavy atom. The lowest BCUT2D eigenvalue weighted by atomic mass is 10.0. The Morgan fingerprint density at radius 2 is 2.17 bits per heavy atom. The Morgan fingerprint density at radius 1 is 1.42 bits per heavy atom. The van der Waals surface area contributed by atoms with Crippen molar-refractivity contribution in [2.24, 2.45) is 0 Å². The van der Waals surface area contributed by atoms with Gasteiger partial charge in [0, 0.05) is 26.1 Å². The lowest BCUT2D eigenvalue weighted by Crippen LogP contribution is -2.43. The van der Waals surface area contributed by atoms with Crippen LogP contribution in [0.15, 0.2) is 30.3 Å². The first-order chi connectivity index (χ1) is 11.2. The quantitative estimate of drug-likeness (QED) is 0.871. The van der Waals surface area contributed by atoms with Gasteiger partial charge in [-0.05, 0) is 35.9 Å². The summed E-state index contributed by atoms with van der Waals surface area (Å²) < 4.78 is 1.63. The van der Waals surface area contributed by atoms with Crippen molar-refractivity contribution < 1.29 is 4.79 Å². The van der Waals surface area contributed by atoms with Crippen molar-refractivity contribution in [3.05, 3.63) is 41.7 Å². The van der Waals surface area contributed by atoms with Gasteiger partial charge < -0.3 is 10.2 Å². The van der Waals surface area contributed by atoms with Crippen LogP contribution in [0.1, 0.15) is 23.9 Å². The molecule has 1 aromatic carbocycles. The lowest BCUT2D eigenvalue weighted by Gasteiger charge is -2.28. The number of likely N-dealkylation sites (N-methyl/N-ethyl adjacent to an activating group) is 1. The van der Waals surface area contributed by atoms with Crippen LogP contribution in [0.5, 0.6) is 0 Å². The summed E-state index contributed by atoms with van der Waals surface area (Å²) in [5.74, 6) is 0.704. The molecule has 0 spiro atoms. The summed E-state index contributed by atoms with van der Waals surface area (Å²) >= 11 is 0. The number of carbonyl (C=O) groups excluding carboxylic acids is 1. The van der Waals surface area contributed by atoms with Gasteiger partial charge in [0.25, 0.3) is 0 Å². The first kappa shape index (κ1) is 18.4. The molecule has 2 atom stereocenters. The number of benzene rings is 1. The topological polar surface area (TPSA) is 75.9 Å². The number of tetrazole rings is 1. The number of amides is 1. The first-order valence-corrected chi connectivity index (χ1v) is 7.92.